The van der Waals surface area contributed by atoms with Gasteiger partial charge in [-0.3, -0.25) is 14.5 Å². The van der Waals surface area contributed by atoms with Gasteiger partial charge in [-0.05, 0) is 37.2 Å². The fourth-order valence-corrected chi connectivity index (χ4v) is 4.74. The van der Waals surface area contributed by atoms with Crippen LogP contribution in [0.15, 0.2) is 18.2 Å². The average Bonchev–Trinajstić information content (AvgIpc) is 3.07. The number of benzene rings is 1. The van der Waals surface area contributed by atoms with Gasteiger partial charge in [-0.1, -0.05) is 0 Å². The van der Waals surface area contributed by atoms with E-state index in [1.807, 2.05) is 12.1 Å². The van der Waals surface area contributed by atoms with E-state index in [2.05, 4.69) is 33.1 Å². The number of fused-ring (bicyclic) bond motifs is 1. The minimum atomic E-state index is -0.574. The number of amides is 2. The van der Waals surface area contributed by atoms with Gasteiger partial charge < -0.3 is 24.8 Å². The predicted molar refractivity (Wildman–Crippen MR) is 115 cm³/mol. The molecule has 3 aliphatic rings. The first-order valence-electron chi connectivity index (χ1n) is 10.8. The van der Waals surface area contributed by atoms with Gasteiger partial charge in [0.05, 0.1) is 6.04 Å². The minimum absolute atomic E-state index is 0.121. The molecule has 30 heavy (non-hydrogen) atoms. The fourth-order valence-electron chi connectivity index (χ4n) is 4.74. The molecule has 0 saturated carbocycles. The molecule has 162 valence electrons. The number of aldehydes is 1. The van der Waals surface area contributed by atoms with E-state index in [0.717, 1.165) is 56.8 Å². The molecule has 0 bridgehead atoms. The third-order valence-electron chi connectivity index (χ3n) is 6.66. The van der Waals surface area contributed by atoms with Crippen LogP contribution in [0.3, 0.4) is 0 Å². The number of hydrogen-bond acceptors (Lipinski definition) is 6. The lowest BCUT2D eigenvalue weighted by Gasteiger charge is -2.47. The molecule has 0 aromatic heterocycles. The van der Waals surface area contributed by atoms with E-state index in [1.54, 1.807) is 11.9 Å². The maximum atomic E-state index is 12.8. The predicted octanol–water partition coefficient (Wildman–Crippen LogP) is 0.172. The van der Waals surface area contributed by atoms with Crippen LogP contribution in [0.4, 0.5) is 5.69 Å². The molecule has 8 nitrogen and oxygen atoms in total. The third kappa shape index (κ3) is 4.06. The Morgan fingerprint density at radius 3 is 2.60 bits per heavy atom. The molecule has 4 rings (SSSR count). The average molecular weight is 414 g/mol. The highest BCUT2D eigenvalue weighted by Crippen LogP contribution is 2.30. The van der Waals surface area contributed by atoms with Gasteiger partial charge in [-0.25, -0.2) is 0 Å². The lowest BCUT2D eigenvalue weighted by Crippen LogP contribution is -2.61. The molecule has 0 radical (unpaired) electrons. The second-order valence-electron chi connectivity index (χ2n) is 8.59. The number of nitrogens with zero attached hydrogens (tertiary/aromatic N) is 4. The Morgan fingerprint density at radius 2 is 1.97 bits per heavy atom. The van der Waals surface area contributed by atoms with Gasteiger partial charge in [0.15, 0.2) is 0 Å². The van der Waals surface area contributed by atoms with Crippen molar-refractivity contribution in [1.82, 2.24) is 20.0 Å². The van der Waals surface area contributed by atoms with Gasteiger partial charge in [-0.2, -0.15) is 0 Å². The lowest BCUT2D eigenvalue weighted by molar-refractivity contribution is -0.121. The molecule has 1 aromatic carbocycles. The Labute approximate surface area is 177 Å². The van der Waals surface area contributed by atoms with Crippen LogP contribution in [0.1, 0.15) is 28.8 Å². The standard InChI is InChI=1S/C22H31N5O3/c1-23-21(29)6-4-18(15-28)27-12-16-11-17(3-5-20(16)22(27)30)25-7-9-26(10-8-25)19-13-24(2)14-19/h3,5,11,15,18-19H,4,6-10,12-14H2,1-2H3,(H,23,29). The number of piperazine rings is 1. The highest BCUT2D eigenvalue weighted by molar-refractivity contribution is 6.00. The summed E-state index contributed by atoms with van der Waals surface area (Å²) in [4.78, 5) is 44.9. The second kappa shape index (κ2) is 8.73. The van der Waals surface area contributed by atoms with E-state index < -0.39 is 6.04 Å². The molecule has 1 unspecified atom stereocenters. The van der Waals surface area contributed by atoms with Crippen molar-refractivity contribution in [1.29, 1.82) is 0 Å². The SMILES string of the molecule is CNC(=O)CCC(C=O)N1Cc2cc(N3CCN(C4CN(C)C4)CC3)ccc2C1=O. The second-order valence-corrected chi connectivity index (χ2v) is 8.59. The Bertz CT molecular complexity index is 815. The zero-order valence-corrected chi connectivity index (χ0v) is 17.8. The van der Waals surface area contributed by atoms with Crippen molar-refractivity contribution in [3.8, 4) is 0 Å². The molecule has 2 fully saturated rings. The highest BCUT2D eigenvalue weighted by Gasteiger charge is 2.34. The smallest absolute Gasteiger partial charge is 0.255 e. The number of likely N-dealkylation sites (N-methyl/N-ethyl adjacent to an activating group) is 1. The largest absolute Gasteiger partial charge is 0.369 e. The summed E-state index contributed by atoms with van der Waals surface area (Å²) in [5.41, 5.74) is 2.77. The Morgan fingerprint density at radius 1 is 1.23 bits per heavy atom. The molecule has 3 heterocycles. The summed E-state index contributed by atoms with van der Waals surface area (Å²) in [6.07, 6.45) is 1.35. The first kappa shape index (κ1) is 20.8. The van der Waals surface area contributed by atoms with Gasteiger partial charge in [-0.15, -0.1) is 0 Å². The molecule has 0 spiro atoms. The highest BCUT2D eigenvalue weighted by atomic mass is 16.2. The maximum Gasteiger partial charge on any atom is 0.255 e. The van der Waals surface area contributed by atoms with Crippen LogP contribution in [-0.4, -0.2) is 98.2 Å². The lowest BCUT2D eigenvalue weighted by atomic mass is 10.1. The van der Waals surface area contributed by atoms with Gasteiger partial charge >= 0.3 is 0 Å². The summed E-state index contributed by atoms with van der Waals surface area (Å²) >= 11 is 0. The quantitative estimate of drug-likeness (QED) is 0.643. The maximum absolute atomic E-state index is 12.8. The van der Waals surface area contributed by atoms with Crippen LogP contribution in [0.5, 0.6) is 0 Å². The van der Waals surface area contributed by atoms with E-state index in [1.165, 1.54) is 0 Å². The van der Waals surface area contributed by atoms with Crippen LogP contribution < -0.4 is 10.2 Å². The van der Waals surface area contributed by atoms with Crippen LogP contribution in [-0.2, 0) is 16.1 Å². The minimum Gasteiger partial charge on any atom is -0.369 e. The van der Waals surface area contributed by atoms with E-state index in [9.17, 15) is 14.4 Å². The number of likely N-dealkylation sites (tertiary alicyclic amines) is 1. The molecule has 1 N–H and O–H groups in total. The molecule has 1 atom stereocenters. The van der Waals surface area contributed by atoms with Gasteiger partial charge in [0.25, 0.3) is 5.91 Å². The summed E-state index contributed by atoms with van der Waals surface area (Å²) in [5, 5.41) is 2.56. The van der Waals surface area contributed by atoms with Crippen LogP contribution in [0, 0.1) is 0 Å². The molecular formula is C22H31N5O3. The van der Waals surface area contributed by atoms with Gasteiger partial charge in [0, 0.05) is 76.6 Å². The summed E-state index contributed by atoms with van der Waals surface area (Å²) < 4.78 is 0. The molecular weight excluding hydrogens is 382 g/mol. The zero-order valence-electron chi connectivity index (χ0n) is 17.8. The number of anilines is 1. The Kier molecular flexibility index (Phi) is 6.06. The first-order valence-corrected chi connectivity index (χ1v) is 10.8. The van der Waals surface area contributed by atoms with Gasteiger partial charge in [0.1, 0.15) is 6.29 Å². The number of carbonyl (C=O) groups is 3. The van der Waals surface area contributed by atoms with Crippen molar-refractivity contribution in [2.24, 2.45) is 0 Å². The van der Waals surface area contributed by atoms with Crippen molar-refractivity contribution in [2.45, 2.75) is 31.5 Å². The zero-order chi connectivity index (χ0) is 21.3. The van der Waals surface area contributed by atoms with E-state index in [4.69, 9.17) is 0 Å². The third-order valence-corrected chi connectivity index (χ3v) is 6.66. The topological polar surface area (TPSA) is 76.2 Å². The Hall–Kier alpha value is -2.45. The van der Waals surface area contributed by atoms with Crippen molar-refractivity contribution < 1.29 is 14.4 Å². The summed E-state index contributed by atoms with van der Waals surface area (Å²) in [6, 6.07) is 6.13. The monoisotopic (exact) mass is 413 g/mol. The number of rotatable bonds is 7. The van der Waals surface area contributed by atoms with Crippen LogP contribution in [0.25, 0.3) is 0 Å². The molecule has 3 aliphatic heterocycles. The van der Waals surface area contributed by atoms with Gasteiger partial charge in [0.2, 0.25) is 5.91 Å². The summed E-state index contributed by atoms with van der Waals surface area (Å²) in [6.45, 7) is 6.84. The summed E-state index contributed by atoms with van der Waals surface area (Å²) in [5.74, 6) is -0.245. The van der Waals surface area contributed by atoms with E-state index >= 15 is 0 Å². The van der Waals surface area contributed by atoms with Crippen LogP contribution in [0.2, 0.25) is 0 Å². The molecule has 1 aromatic rings. The van der Waals surface area contributed by atoms with Crippen molar-refractivity contribution in [3.05, 3.63) is 29.3 Å². The van der Waals surface area contributed by atoms with E-state index in [-0.39, 0.29) is 18.2 Å². The first-order chi connectivity index (χ1) is 14.5. The normalized spacial score (nSPS) is 21.3. The summed E-state index contributed by atoms with van der Waals surface area (Å²) in [7, 11) is 3.73. The number of carbonyl (C=O) groups excluding carboxylic acids is 3. The van der Waals surface area contributed by atoms with Crippen molar-refractivity contribution >= 4 is 23.8 Å². The van der Waals surface area contributed by atoms with Crippen molar-refractivity contribution in [3.63, 3.8) is 0 Å². The van der Waals surface area contributed by atoms with E-state index in [0.29, 0.717) is 24.6 Å². The molecule has 8 heteroatoms. The Balaban J connectivity index is 1.38. The molecule has 2 amide bonds. The van der Waals surface area contributed by atoms with Crippen molar-refractivity contribution in [2.75, 3.05) is 58.3 Å². The number of hydrogen-bond donors (Lipinski definition) is 1. The molecule has 2 saturated heterocycles. The fraction of sp³-hybridized carbons (Fsp3) is 0.591. The number of nitrogens with one attached hydrogen (secondary N) is 1. The van der Waals surface area contributed by atoms with Crippen LogP contribution >= 0.6 is 0 Å². The molecule has 0 aliphatic carbocycles.